The maximum absolute atomic E-state index is 12.3. The topological polar surface area (TPSA) is 140 Å². The highest BCUT2D eigenvalue weighted by Gasteiger charge is 2.29. The number of alkyl carbamates (subject to hydrolysis) is 1. The molecule has 0 radical (unpaired) electrons. The maximum Gasteiger partial charge on any atom is 0.407 e. The van der Waals surface area contributed by atoms with Crippen molar-refractivity contribution < 1.29 is 33.5 Å². The molecule has 0 spiro atoms. The molecule has 0 aliphatic heterocycles. The SMILES string of the molecule is O=C(O)CCOCCNC(=O)c1cc(CNC(=O)OCC2c3ccccc3-c3ccccc32)on1. The molecule has 10 heteroatoms. The van der Waals surface area contributed by atoms with Gasteiger partial charge in [-0.05, 0) is 22.3 Å². The van der Waals surface area contributed by atoms with Crippen LogP contribution >= 0.6 is 0 Å². The second-order valence-electron chi connectivity index (χ2n) is 7.87. The van der Waals surface area contributed by atoms with Gasteiger partial charge in [0.15, 0.2) is 11.5 Å². The highest BCUT2D eigenvalue weighted by atomic mass is 16.5. The molecule has 4 rings (SSSR count). The third kappa shape index (κ3) is 6.04. The van der Waals surface area contributed by atoms with Crippen molar-refractivity contribution in [1.82, 2.24) is 15.8 Å². The van der Waals surface area contributed by atoms with Gasteiger partial charge < -0.3 is 29.7 Å². The number of carbonyl (C=O) groups excluding carboxylic acids is 2. The zero-order chi connectivity index (χ0) is 24.6. The Labute approximate surface area is 201 Å². The van der Waals surface area contributed by atoms with Crippen LogP contribution in [0.1, 0.15) is 39.7 Å². The predicted octanol–water partition coefficient (Wildman–Crippen LogP) is 2.93. The molecular weight excluding hydrogens is 454 g/mol. The highest BCUT2D eigenvalue weighted by Crippen LogP contribution is 2.44. The van der Waals surface area contributed by atoms with E-state index in [-0.39, 0.29) is 50.9 Å². The minimum absolute atomic E-state index is 0.00918. The molecule has 1 aliphatic carbocycles. The van der Waals surface area contributed by atoms with Crippen molar-refractivity contribution in [2.45, 2.75) is 18.9 Å². The Bertz CT molecular complexity index is 1160. The smallest absolute Gasteiger partial charge is 0.407 e. The molecule has 0 unspecified atom stereocenters. The molecular formula is C25H25N3O7. The summed E-state index contributed by atoms with van der Waals surface area (Å²) in [5.74, 6) is -1.16. The number of benzene rings is 2. The summed E-state index contributed by atoms with van der Waals surface area (Å²) < 4.78 is 15.7. The second-order valence-corrected chi connectivity index (χ2v) is 7.87. The number of rotatable bonds is 11. The van der Waals surface area contributed by atoms with Crippen LogP contribution < -0.4 is 10.6 Å². The van der Waals surface area contributed by atoms with Crippen molar-refractivity contribution in [1.29, 1.82) is 0 Å². The lowest BCUT2D eigenvalue weighted by molar-refractivity contribution is -0.138. The molecule has 2 aromatic carbocycles. The van der Waals surface area contributed by atoms with E-state index in [0.29, 0.717) is 5.76 Å². The standard InChI is InChI=1S/C25H25N3O7/c29-23(30)9-11-33-12-10-26-24(31)22-13-16(35-28-22)14-27-25(32)34-15-21-19-7-3-1-5-17(19)18-6-2-4-8-20(18)21/h1-8,13,21H,9-12,14-15H2,(H,26,31)(H,27,32)(H,29,30). The molecule has 0 saturated carbocycles. The monoisotopic (exact) mass is 479 g/mol. The van der Waals surface area contributed by atoms with E-state index in [9.17, 15) is 14.4 Å². The number of fused-ring (bicyclic) bond motifs is 3. The molecule has 0 atom stereocenters. The molecule has 3 N–H and O–H groups in total. The average molecular weight is 479 g/mol. The van der Waals surface area contributed by atoms with Gasteiger partial charge in [0.2, 0.25) is 0 Å². The van der Waals surface area contributed by atoms with Gasteiger partial charge in [-0.3, -0.25) is 9.59 Å². The molecule has 0 bridgehead atoms. The van der Waals surface area contributed by atoms with Crippen LogP contribution in [0.3, 0.4) is 0 Å². The summed E-state index contributed by atoms with van der Waals surface area (Å²) in [6.45, 7) is 0.639. The minimum Gasteiger partial charge on any atom is -0.481 e. The Kier molecular flexibility index (Phi) is 7.74. The number of carboxylic acid groups (broad SMARTS) is 1. The van der Waals surface area contributed by atoms with Gasteiger partial charge in [0.1, 0.15) is 6.61 Å². The van der Waals surface area contributed by atoms with Crippen molar-refractivity contribution >= 4 is 18.0 Å². The van der Waals surface area contributed by atoms with E-state index in [1.165, 1.54) is 6.07 Å². The molecule has 1 heterocycles. The van der Waals surface area contributed by atoms with Crippen LogP contribution in [0.2, 0.25) is 0 Å². The van der Waals surface area contributed by atoms with Crippen molar-refractivity contribution in [3.8, 4) is 11.1 Å². The minimum atomic E-state index is -0.948. The number of aromatic nitrogens is 1. The number of carbonyl (C=O) groups is 3. The van der Waals surface area contributed by atoms with E-state index in [1.807, 2.05) is 36.4 Å². The number of hydrogen-bond donors (Lipinski definition) is 3. The van der Waals surface area contributed by atoms with Crippen molar-refractivity contribution in [3.05, 3.63) is 77.2 Å². The van der Waals surface area contributed by atoms with E-state index in [1.54, 1.807) is 0 Å². The van der Waals surface area contributed by atoms with Crippen molar-refractivity contribution in [3.63, 3.8) is 0 Å². The number of ether oxygens (including phenoxy) is 2. The summed E-state index contributed by atoms with van der Waals surface area (Å²) in [5.41, 5.74) is 4.60. The lowest BCUT2D eigenvalue weighted by atomic mass is 9.98. The van der Waals surface area contributed by atoms with Crippen LogP contribution in [-0.4, -0.2) is 54.6 Å². The summed E-state index contributed by atoms with van der Waals surface area (Å²) in [5, 5.41) is 17.4. The maximum atomic E-state index is 12.3. The molecule has 3 aromatic rings. The van der Waals surface area contributed by atoms with Gasteiger partial charge in [-0.25, -0.2) is 4.79 Å². The Morgan fingerprint density at radius 2 is 1.66 bits per heavy atom. The van der Waals surface area contributed by atoms with E-state index >= 15 is 0 Å². The summed E-state index contributed by atoms with van der Waals surface area (Å²) in [6, 6.07) is 17.6. The highest BCUT2D eigenvalue weighted by molar-refractivity contribution is 5.92. The average Bonchev–Trinajstić information content (AvgIpc) is 3.46. The summed E-state index contributed by atoms with van der Waals surface area (Å²) in [4.78, 5) is 34.8. The second kappa shape index (κ2) is 11.3. The Morgan fingerprint density at radius 3 is 2.34 bits per heavy atom. The largest absolute Gasteiger partial charge is 0.481 e. The third-order valence-electron chi connectivity index (χ3n) is 5.53. The fraction of sp³-hybridized carbons (Fsp3) is 0.280. The molecule has 0 fully saturated rings. The first-order valence-corrected chi connectivity index (χ1v) is 11.1. The Hall–Kier alpha value is -4.18. The first-order valence-electron chi connectivity index (χ1n) is 11.1. The van der Waals surface area contributed by atoms with E-state index < -0.39 is 18.0 Å². The van der Waals surface area contributed by atoms with Crippen LogP contribution in [0.4, 0.5) is 4.79 Å². The molecule has 35 heavy (non-hydrogen) atoms. The number of amides is 2. The molecule has 2 amide bonds. The first kappa shape index (κ1) is 24.0. The van der Waals surface area contributed by atoms with Gasteiger partial charge in [-0.15, -0.1) is 0 Å². The van der Waals surface area contributed by atoms with Gasteiger partial charge in [0.05, 0.1) is 26.2 Å². The summed E-state index contributed by atoms with van der Waals surface area (Å²) in [6.07, 6.45) is -0.704. The number of nitrogens with zero attached hydrogens (tertiary/aromatic N) is 1. The normalized spacial score (nSPS) is 12.0. The summed E-state index contributed by atoms with van der Waals surface area (Å²) >= 11 is 0. The van der Waals surface area contributed by atoms with Crippen molar-refractivity contribution in [2.75, 3.05) is 26.4 Å². The van der Waals surface area contributed by atoms with Crippen molar-refractivity contribution in [2.24, 2.45) is 0 Å². The van der Waals surface area contributed by atoms with Crippen LogP contribution in [-0.2, 0) is 20.8 Å². The fourth-order valence-electron chi connectivity index (χ4n) is 3.90. The quantitative estimate of drug-likeness (QED) is 0.357. The van der Waals surface area contributed by atoms with E-state index in [0.717, 1.165) is 22.3 Å². The molecule has 1 aliphatic rings. The number of nitrogens with one attached hydrogen (secondary N) is 2. The number of hydrogen-bond acceptors (Lipinski definition) is 7. The van der Waals surface area contributed by atoms with Gasteiger partial charge >= 0.3 is 12.1 Å². The number of aliphatic carboxylic acids is 1. The number of carboxylic acids is 1. The fourth-order valence-corrected chi connectivity index (χ4v) is 3.90. The zero-order valence-electron chi connectivity index (χ0n) is 18.9. The molecule has 10 nitrogen and oxygen atoms in total. The first-order chi connectivity index (χ1) is 17.0. The van der Waals surface area contributed by atoms with Gasteiger partial charge in [0, 0.05) is 18.5 Å². The van der Waals surface area contributed by atoms with Gasteiger partial charge in [0.25, 0.3) is 5.91 Å². The summed E-state index contributed by atoms with van der Waals surface area (Å²) in [7, 11) is 0. The zero-order valence-corrected chi connectivity index (χ0v) is 18.9. The van der Waals surface area contributed by atoms with Crippen LogP contribution in [0.25, 0.3) is 11.1 Å². The Morgan fingerprint density at radius 1 is 0.971 bits per heavy atom. The Balaban J connectivity index is 1.21. The lowest BCUT2D eigenvalue weighted by Crippen LogP contribution is -2.27. The lowest BCUT2D eigenvalue weighted by Gasteiger charge is -2.14. The van der Waals surface area contributed by atoms with Gasteiger partial charge in [-0.2, -0.15) is 0 Å². The van der Waals surface area contributed by atoms with Crippen LogP contribution in [0.5, 0.6) is 0 Å². The third-order valence-corrected chi connectivity index (χ3v) is 5.53. The van der Waals surface area contributed by atoms with Crippen LogP contribution in [0.15, 0.2) is 59.1 Å². The van der Waals surface area contributed by atoms with Gasteiger partial charge in [-0.1, -0.05) is 53.7 Å². The molecule has 0 saturated heterocycles. The molecule has 182 valence electrons. The predicted molar refractivity (Wildman–Crippen MR) is 124 cm³/mol. The molecule has 1 aromatic heterocycles. The van der Waals surface area contributed by atoms with Crippen LogP contribution in [0, 0.1) is 0 Å². The van der Waals surface area contributed by atoms with E-state index in [4.69, 9.17) is 19.1 Å². The van der Waals surface area contributed by atoms with E-state index in [2.05, 4.69) is 27.9 Å².